The molecule has 32 heavy (non-hydrogen) atoms. The van der Waals surface area contributed by atoms with Crippen LogP contribution in [0.5, 0.6) is 5.75 Å². The number of hydrogen-bond donors (Lipinski definition) is 0. The molecule has 1 aliphatic rings. The van der Waals surface area contributed by atoms with Crippen LogP contribution in [0.1, 0.15) is 15.9 Å². The monoisotopic (exact) mass is 464 g/mol. The number of carbonyl (C=O) groups excluding carboxylic acids is 1. The molecule has 6 nitrogen and oxygen atoms in total. The maximum atomic E-state index is 13.3. The number of ether oxygens (including phenoxy) is 1. The summed E-state index contributed by atoms with van der Waals surface area (Å²) in [6, 6.07) is 17.0. The zero-order chi connectivity index (χ0) is 21.9. The normalized spacial score (nSPS) is 14.0. The van der Waals surface area contributed by atoms with Crippen LogP contribution in [-0.2, 0) is 6.61 Å². The summed E-state index contributed by atoms with van der Waals surface area (Å²) in [6.07, 6.45) is 1.61. The highest BCUT2D eigenvalue weighted by Gasteiger charge is 2.25. The zero-order valence-corrected chi connectivity index (χ0v) is 18.9. The van der Waals surface area contributed by atoms with Gasteiger partial charge in [-0.05, 0) is 41.3 Å². The summed E-state index contributed by atoms with van der Waals surface area (Å²) < 4.78 is 5.99. The number of piperazine rings is 1. The Kier molecular flexibility index (Phi) is 5.92. The molecule has 162 valence electrons. The van der Waals surface area contributed by atoms with E-state index in [1.54, 1.807) is 17.7 Å². The van der Waals surface area contributed by atoms with Gasteiger partial charge in [0.1, 0.15) is 29.3 Å². The van der Waals surface area contributed by atoms with Gasteiger partial charge in [0.2, 0.25) is 0 Å². The number of amides is 1. The van der Waals surface area contributed by atoms with Crippen molar-refractivity contribution in [2.24, 2.45) is 0 Å². The number of rotatable bonds is 5. The third kappa shape index (κ3) is 4.26. The predicted molar refractivity (Wildman–Crippen MR) is 128 cm³/mol. The first-order valence-corrected chi connectivity index (χ1v) is 11.6. The molecular formula is C24H21ClN4O2S. The lowest BCUT2D eigenvalue weighted by molar-refractivity contribution is 0.0741. The molecule has 0 N–H and O–H groups in total. The van der Waals surface area contributed by atoms with Crippen molar-refractivity contribution in [1.29, 1.82) is 0 Å². The lowest BCUT2D eigenvalue weighted by Crippen LogP contribution is -2.49. The van der Waals surface area contributed by atoms with Gasteiger partial charge in [0.15, 0.2) is 0 Å². The summed E-state index contributed by atoms with van der Waals surface area (Å²) in [5.74, 6) is 1.51. The minimum Gasteiger partial charge on any atom is -0.488 e. The molecule has 0 radical (unpaired) electrons. The van der Waals surface area contributed by atoms with Crippen LogP contribution in [0.3, 0.4) is 0 Å². The molecule has 0 atom stereocenters. The van der Waals surface area contributed by atoms with Crippen molar-refractivity contribution in [2.45, 2.75) is 6.61 Å². The third-order valence-electron chi connectivity index (χ3n) is 5.53. The number of nitrogens with zero attached hydrogens (tertiary/aromatic N) is 4. The number of fused-ring (bicyclic) bond motifs is 1. The second-order valence-electron chi connectivity index (χ2n) is 7.53. The van der Waals surface area contributed by atoms with Crippen molar-refractivity contribution in [2.75, 3.05) is 31.1 Å². The van der Waals surface area contributed by atoms with E-state index in [9.17, 15) is 4.79 Å². The smallest absolute Gasteiger partial charge is 0.257 e. The fourth-order valence-corrected chi connectivity index (χ4v) is 4.68. The van der Waals surface area contributed by atoms with Crippen molar-refractivity contribution >= 4 is 44.9 Å². The highest BCUT2D eigenvalue weighted by atomic mass is 35.5. The third-order valence-corrected chi connectivity index (χ3v) is 6.60. The van der Waals surface area contributed by atoms with Gasteiger partial charge in [0, 0.05) is 31.2 Å². The Morgan fingerprint density at radius 3 is 2.59 bits per heavy atom. The number of benzene rings is 2. The minimum absolute atomic E-state index is 0.0141. The van der Waals surface area contributed by atoms with E-state index in [1.165, 1.54) is 0 Å². The van der Waals surface area contributed by atoms with Gasteiger partial charge in [0.05, 0.1) is 10.9 Å². The molecule has 0 aliphatic carbocycles. The summed E-state index contributed by atoms with van der Waals surface area (Å²) in [4.78, 5) is 27.2. The number of anilines is 1. The van der Waals surface area contributed by atoms with Crippen molar-refractivity contribution < 1.29 is 9.53 Å². The maximum absolute atomic E-state index is 13.3. The Bertz CT molecular complexity index is 1240. The lowest BCUT2D eigenvalue weighted by atomic mass is 10.1. The number of carbonyl (C=O) groups is 1. The summed E-state index contributed by atoms with van der Waals surface area (Å²) in [5.41, 5.74) is 1.58. The highest BCUT2D eigenvalue weighted by molar-refractivity contribution is 7.16. The van der Waals surface area contributed by atoms with E-state index >= 15 is 0 Å². The molecule has 5 rings (SSSR count). The number of para-hydroxylation sites is 1. The second kappa shape index (κ2) is 9.14. The van der Waals surface area contributed by atoms with Gasteiger partial charge in [-0.15, -0.1) is 11.3 Å². The molecule has 3 heterocycles. The Morgan fingerprint density at radius 1 is 1.00 bits per heavy atom. The fraction of sp³-hybridized carbons (Fsp3) is 0.208. The highest BCUT2D eigenvalue weighted by Crippen LogP contribution is 2.28. The average molecular weight is 465 g/mol. The van der Waals surface area contributed by atoms with Gasteiger partial charge in [-0.1, -0.05) is 35.9 Å². The zero-order valence-electron chi connectivity index (χ0n) is 17.3. The lowest BCUT2D eigenvalue weighted by Gasteiger charge is -2.35. The molecule has 2 aromatic heterocycles. The van der Waals surface area contributed by atoms with Crippen molar-refractivity contribution in [3.8, 4) is 5.75 Å². The topological polar surface area (TPSA) is 58.6 Å². The molecule has 1 aliphatic heterocycles. The standard InChI is InChI=1S/C24H21ClN4O2S/c25-18-7-5-17(6-8-18)15-31-21-4-2-1-3-19(21)24(30)29-12-10-28(11-13-29)22-20-9-14-32-23(20)27-16-26-22/h1-9,14,16H,10-13,15H2. The van der Waals surface area contributed by atoms with Crippen LogP contribution in [0, 0.1) is 0 Å². The van der Waals surface area contributed by atoms with Crippen LogP contribution >= 0.6 is 22.9 Å². The Labute approximate surface area is 195 Å². The van der Waals surface area contributed by atoms with Crippen LogP contribution in [0.2, 0.25) is 5.02 Å². The molecule has 8 heteroatoms. The molecule has 1 fully saturated rings. The van der Waals surface area contributed by atoms with Gasteiger partial charge < -0.3 is 14.5 Å². The van der Waals surface area contributed by atoms with Crippen LogP contribution in [0.4, 0.5) is 5.82 Å². The summed E-state index contributed by atoms with van der Waals surface area (Å²) in [5, 5.41) is 3.78. The van der Waals surface area contributed by atoms with E-state index in [4.69, 9.17) is 16.3 Å². The molecule has 0 unspecified atom stereocenters. The number of hydrogen-bond acceptors (Lipinski definition) is 6. The SMILES string of the molecule is O=C(c1ccccc1OCc1ccc(Cl)cc1)N1CCN(c2ncnc3sccc23)CC1. The first-order chi connectivity index (χ1) is 15.7. The summed E-state index contributed by atoms with van der Waals surface area (Å²) in [6.45, 7) is 3.07. The van der Waals surface area contributed by atoms with Crippen LogP contribution in [0.25, 0.3) is 10.2 Å². The maximum Gasteiger partial charge on any atom is 0.257 e. The second-order valence-corrected chi connectivity index (χ2v) is 8.86. The van der Waals surface area contributed by atoms with Gasteiger partial charge in [0.25, 0.3) is 5.91 Å². The number of thiophene rings is 1. The molecule has 0 spiro atoms. The minimum atomic E-state index is -0.0141. The van der Waals surface area contributed by atoms with Crippen LogP contribution in [0.15, 0.2) is 66.3 Å². The summed E-state index contributed by atoms with van der Waals surface area (Å²) >= 11 is 7.56. The Balaban J connectivity index is 1.26. The van der Waals surface area contributed by atoms with Gasteiger partial charge in [-0.2, -0.15) is 0 Å². The molecule has 0 saturated carbocycles. The van der Waals surface area contributed by atoms with E-state index < -0.39 is 0 Å². The van der Waals surface area contributed by atoms with Crippen molar-refractivity contribution in [1.82, 2.24) is 14.9 Å². The van der Waals surface area contributed by atoms with Crippen molar-refractivity contribution in [3.63, 3.8) is 0 Å². The number of halogens is 1. The molecule has 1 saturated heterocycles. The van der Waals surface area contributed by atoms with E-state index in [0.29, 0.717) is 36.0 Å². The number of aromatic nitrogens is 2. The molecule has 2 aromatic carbocycles. The van der Waals surface area contributed by atoms with Crippen molar-refractivity contribution in [3.05, 3.63) is 82.5 Å². The average Bonchev–Trinajstić information content (AvgIpc) is 3.33. The quantitative estimate of drug-likeness (QED) is 0.421. The Morgan fingerprint density at radius 2 is 1.78 bits per heavy atom. The molecular weight excluding hydrogens is 444 g/mol. The van der Waals surface area contributed by atoms with E-state index in [2.05, 4.69) is 20.9 Å². The predicted octanol–water partition coefficient (Wildman–Crippen LogP) is 4.89. The summed E-state index contributed by atoms with van der Waals surface area (Å²) in [7, 11) is 0. The molecule has 1 amide bonds. The molecule has 0 bridgehead atoms. The first-order valence-electron chi connectivity index (χ1n) is 10.4. The van der Waals surface area contributed by atoms with Crippen LogP contribution < -0.4 is 9.64 Å². The largest absolute Gasteiger partial charge is 0.488 e. The van der Waals surface area contributed by atoms with Gasteiger partial charge in [-0.25, -0.2) is 9.97 Å². The Hall–Kier alpha value is -3.16. The van der Waals surface area contributed by atoms with Gasteiger partial charge in [-0.3, -0.25) is 4.79 Å². The van der Waals surface area contributed by atoms with E-state index in [0.717, 1.165) is 34.7 Å². The van der Waals surface area contributed by atoms with Gasteiger partial charge >= 0.3 is 0 Å². The van der Waals surface area contributed by atoms with E-state index in [1.807, 2.05) is 58.8 Å². The molecule has 4 aromatic rings. The first kappa shape index (κ1) is 20.7. The fourth-order valence-electron chi connectivity index (χ4n) is 3.83. The van der Waals surface area contributed by atoms with Crippen LogP contribution in [-0.4, -0.2) is 47.0 Å². The van der Waals surface area contributed by atoms with E-state index in [-0.39, 0.29) is 5.91 Å².